The Bertz CT molecular complexity index is 771. The number of carboxylic acids is 1. The molecule has 0 saturated carbocycles. The summed E-state index contributed by atoms with van der Waals surface area (Å²) in [5.74, 6) is -0.822. The van der Waals surface area contributed by atoms with Crippen molar-refractivity contribution in [2.24, 2.45) is 0 Å². The van der Waals surface area contributed by atoms with Crippen LogP contribution in [0.15, 0.2) is 30.5 Å². The second-order valence-electron chi connectivity index (χ2n) is 6.84. The molecule has 3 atom stereocenters. The van der Waals surface area contributed by atoms with Gasteiger partial charge in [0.25, 0.3) is 5.91 Å². The molecule has 1 unspecified atom stereocenters. The van der Waals surface area contributed by atoms with Crippen LogP contribution in [-0.2, 0) is 4.79 Å². The number of carbonyl (C=O) groups is 2. The van der Waals surface area contributed by atoms with Gasteiger partial charge >= 0.3 is 5.97 Å². The number of hydrogen-bond donors (Lipinski definition) is 3. The molecule has 1 aromatic heterocycles. The number of amides is 1. The molecule has 3 N–H and O–H groups in total. The number of fused-ring (bicyclic) bond motifs is 3. The summed E-state index contributed by atoms with van der Waals surface area (Å²) in [5.41, 5.74) is 1.63. The molecule has 6 heteroatoms. The molecule has 2 fully saturated rings. The number of nitrogens with zero attached hydrogens (tertiary/aromatic N) is 1. The number of aliphatic carboxylic acids is 1. The predicted molar refractivity (Wildman–Crippen MR) is 89.9 cm³/mol. The summed E-state index contributed by atoms with van der Waals surface area (Å²) in [4.78, 5) is 28.9. The summed E-state index contributed by atoms with van der Waals surface area (Å²) in [6.07, 6.45) is 5.47. The van der Waals surface area contributed by atoms with Crippen molar-refractivity contribution in [2.75, 3.05) is 6.54 Å². The number of nitrogens with one attached hydrogen (secondary N) is 2. The lowest BCUT2D eigenvalue weighted by molar-refractivity contribution is -0.139. The Morgan fingerprint density at radius 3 is 2.62 bits per heavy atom. The fourth-order valence-corrected chi connectivity index (χ4v) is 4.33. The normalized spacial score (nSPS) is 26.6. The molecule has 126 valence electrons. The fraction of sp³-hybridized carbons (Fsp3) is 0.444. The van der Waals surface area contributed by atoms with Gasteiger partial charge in [0.05, 0.1) is 12.1 Å². The fourth-order valence-electron chi connectivity index (χ4n) is 4.33. The average molecular weight is 327 g/mol. The second-order valence-corrected chi connectivity index (χ2v) is 6.84. The van der Waals surface area contributed by atoms with E-state index in [1.807, 2.05) is 24.3 Å². The summed E-state index contributed by atoms with van der Waals surface area (Å²) in [6, 6.07) is 8.43. The van der Waals surface area contributed by atoms with E-state index >= 15 is 0 Å². The smallest absolute Gasteiger partial charge is 0.317 e. The van der Waals surface area contributed by atoms with Crippen LogP contribution in [0.25, 0.3) is 10.9 Å². The minimum absolute atomic E-state index is 0.0523. The van der Waals surface area contributed by atoms with Crippen molar-refractivity contribution in [3.8, 4) is 0 Å². The molecule has 24 heavy (non-hydrogen) atoms. The highest BCUT2D eigenvalue weighted by atomic mass is 16.4. The predicted octanol–water partition coefficient (Wildman–Crippen LogP) is 1.98. The van der Waals surface area contributed by atoms with Crippen molar-refractivity contribution in [3.05, 3.63) is 36.0 Å². The van der Waals surface area contributed by atoms with Gasteiger partial charge < -0.3 is 15.4 Å². The zero-order chi connectivity index (χ0) is 16.7. The number of hydrogen-bond acceptors (Lipinski definition) is 3. The molecule has 0 radical (unpaired) electrons. The SMILES string of the molecule is O=C(O)CN1[C@@H]2CC[C@H]1CC(NC(=O)c1c[nH]c3ccccc13)C2. The van der Waals surface area contributed by atoms with Gasteiger partial charge in [-0.2, -0.15) is 0 Å². The van der Waals surface area contributed by atoms with Crippen molar-refractivity contribution in [1.29, 1.82) is 0 Å². The minimum Gasteiger partial charge on any atom is -0.480 e. The molecule has 4 rings (SSSR count). The van der Waals surface area contributed by atoms with E-state index in [0.29, 0.717) is 5.56 Å². The van der Waals surface area contributed by atoms with Crippen LogP contribution in [0.5, 0.6) is 0 Å². The van der Waals surface area contributed by atoms with Gasteiger partial charge in [-0.15, -0.1) is 0 Å². The maximum absolute atomic E-state index is 12.6. The van der Waals surface area contributed by atoms with Gasteiger partial charge in [0.15, 0.2) is 0 Å². The van der Waals surface area contributed by atoms with E-state index in [9.17, 15) is 9.59 Å². The van der Waals surface area contributed by atoms with Gasteiger partial charge in [0.1, 0.15) is 0 Å². The molecule has 2 aliphatic rings. The zero-order valence-electron chi connectivity index (χ0n) is 13.4. The van der Waals surface area contributed by atoms with Crippen molar-refractivity contribution in [1.82, 2.24) is 15.2 Å². The van der Waals surface area contributed by atoms with E-state index in [2.05, 4.69) is 15.2 Å². The minimum atomic E-state index is -0.770. The van der Waals surface area contributed by atoms with Gasteiger partial charge in [-0.25, -0.2) is 0 Å². The molecular weight excluding hydrogens is 306 g/mol. The topological polar surface area (TPSA) is 85.4 Å². The molecule has 1 amide bonds. The summed E-state index contributed by atoms with van der Waals surface area (Å²) < 4.78 is 0. The van der Waals surface area contributed by atoms with Crippen molar-refractivity contribution in [2.45, 2.75) is 43.8 Å². The first-order chi connectivity index (χ1) is 11.6. The van der Waals surface area contributed by atoms with Crippen molar-refractivity contribution in [3.63, 3.8) is 0 Å². The lowest BCUT2D eigenvalue weighted by Gasteiger charge is -2.38. The van der Waals surface area contributed by atoms with Crippen LogP contribution in [0, 0.1) is 0 Å². The monoisotopic (exact) mass is 327 g/mol. The number of piperidine rings is 1. The number of carbonyl (C=O) groups excluding carboxylic acids is 1. The average Bonchev–Trinajstić information content (AvgIpc) is 3.06. The number of aromatic amines is 1. The summed E-state index contributed by atoms with van der Waals surface area (Å²) >= 11 is 0. The van der Waals surface area contributed by atoms with Crippen LogP contribution in [0.2, 0.25) is 0 Å². The molecular formula is C18H21N3O3. The Balaban J connectivity index is 1.45. The molecule has 1 aromatic carbocycles. The maximum Gasteiger partial charge on any atom is 0.317 e. The number of benzene rings is 1. The third kappa shape index (κ3) is 2.67. The molecule has 3 heterocycles. The standard InChI is InChI=1S/C18H21N3O3/c22-17(23)10-21-12-5-6-13(21)8-11(7-12)20-18(24)15-9-19-16-4-2-1-3-14(15)16/h1-4,9,11-13,19H,5-8,10H2,(H,20,24)(H,22,23)/t11?,12-,13+. The molecule has 0 spiro atoms. The quantitative estimate of drug-likeness (QED) is 0.801. The number of aromatic nitrogens is 1. The molecule has 0 aliphatic carbocycles. The molecule has 2 saturated heterocycles. The Morgan fingerprint density at radius 2 is 1.92 bits per heavy atom. The van der Waals surface area contributed by atoms with Crippen LogP contribution in [0.1, 0.15) is 36.0 Å². The van der Waals surface area contributed by atoms with Gasteiger partial charge in [-0.3, -0.25) is 14.5 Å². The molecule has 2 aromatic rings. The van der Waals surface area contributed by atoms with Gasteiger partial charge in [0.2, 0.25) is 0 Å². The number of rotatable bonds is 4. The number of H-pyrrole nitrogens is 1. The van der Waals surface area contributed by atoms with E-state index in [1.54, 1.807) is 6.20 Å². The first kappa shape index (κ1) is 15.2. The number of carboxylic acid groups (broad SMARTS) is 1. The molecule has 2 aliphatic heterocycles. The first-order valence-electron chi connectivity index (χ1n) is 8.46. The third-order valence-corrected chi connectivity index (χ3v) is 5.37. The Morgan fingerprint density at radius 1 is 1.21 bits per heavy atom. The summed E-state index contributed by atoms with van der Waals surface area (Å²) in [7, 11) is 0. The van der Waals surface area contributed by atoms with Crippen LogP contribution in [-0.4, -0.2) is 51.5 Å². The Hall–Kier alpha value is -2.34. The molecule has 6 nitrogen and oxygen atoms in total. The van der Waals surface area contributed by atoms with Gasteiger partial charge in [-0.05, 0) is 31.7 Å². The van der Waals surface area contributed by atoms with Crippen molar-refractivity contribution < 1.29 is 14.7 Å². The lowest BCUT2D eigenvalue weighted by atomic mass is 9.97. The van der Waals surface area contributed by atoms with E-state index in [1.165, 1.54) is 0 Å². The Kier molecular flexibility index (Phi) is 3.76. The summed E-state index contributed by atoms with van der Waals surface area (Å²) in [5, 5.41) is 13.1. The van der Waals surface area contributed by atoms with Crippen molar-refractivity contribution >= 4 is 22.8 Å². The third-order valence-electron chi connectivity index (χ3n) is 5.37. The maximum atomic E-state index is 12.6. The zero-order valence-corrected chi connectivity index (χ0v) is 13.4. The van der Waals surface area contributed by atoms with Gasteiger partial charge in [-0.1, -0.05) is 18.2 Å². The van der Waals surface area contributed by atoms with Crippen LogP contribution < -0.4 is 5.32 Å². The highest BCUT2D eigenvalue weighted by molar-refractivity contribution is 6.06. The lowest BCUT2D eigenvalue weighted by Crippen LogP contribution is -2.51. The second kappa shape index (κ2) is 5.94. The first-order valence-corrected chi connectivity index (χ1v) is 8.46. The van der Waals surface area contributed by atoms with Gasteiger partial charge in [0, 0.05) is 35.2 Å². The summed E-state index contributed by atoms with van der Waals surface area (Å²) in [6.45, 7) is 0.110. The highest BCUT2D eigenvalue weighted by Crippen LogP contribution is 2.35. The molecule has 2 bridgehead atoms. The van der Waals surface area contributed by atoms with Crippen LogP contribution >= 0.6 is 0 Å². The Labute approximate surface area is 139 Å². The van der Waals surface area contributed by atoms with E-state index < -0.39 is 5.97 Å². The van der Waals surface area contributed by atoms with E-state index in [0.717, 1.165) is 36.6 Å². The van der Waals surface area contributed by atoms with E-state index in [4.69, 9.17) is 5.11 Å². The highest BCUT2D eigenvalue weighted by Gasteiger charge is 2.41. The number of para-hydroxylation sites is 1. The largest absolute Gasteiger partial charge is 0.480 e. The van der Waals surface area contributed by atoms with Crippen LogP contribution in [0.3, 0.4) is 0 Å². The van der Waals surface area contributed by atoms with Crippen LogP contribution in [0.4, 0.5) is 0 Å². The van der Waals surface area contributed by atoms with E-state index in [-0.39, 0.29) is 30.6 Å².